The number of ether oxygens (including phenoxy) is 1. The van der Waals surface area contributed by atoms with Crippen LogP contribution in [0.2, 0.25) is 0 Å². The van der Waals surface area contributed by atoms with Gasteiger partial charge < -0.3 is 10.1 Å². The molecule has 1 aliphatic carbocycles. The van der Waals surface area contributed by atoms with Gasteiger partial charge in [0.25, 0.3) is 11.8 Å². The van der Waals surface area contributed by atoms with Crippen molar-refractivity contribution >= 4 is 29.3 Å². The highest BCUT2D eigenvalue weighted by Gasteiger charge is 2.40. The number of hydrogen-bond acceptors (Lipinski definition) is 5. The Labute approximate surface area is 181 Å². The molecule has 4 rings (SSSR count). The second kappa shape index (κ2) is 9.39. The first-order valence-corrected chi connectivity index (χ1v) is 11.3. The molecule has 1 fully saturated rings. The third-order valence-corrected chi connectivity index (χ3v) is 6.45. The number of rotatable bonds is 7. The van der Waals surface area contributed by atoms with E-state index in [-0.39, 0.29) is 17.9 Å². The average molecular weight is 423 g/mol. The van der Waals surface area contributed by atoms with Crippen LogP contribution in [0, 0.1) is 0 Å². The molecule has 0 saturated heterocycles. The number of nitrogens with zero attached hydrogens (tertiary/aromatic N) is 1. The number of carbonyl (C=O) groups excluding carboxylic acids is 2. The molecular formula is C24H26N2O3S. The van der Waals surface area contributed by atoms with Crippen LogP contribution in [0.25, 0.3) is 0 Å². The van der Waals surface area contributed by atoms with E-state index in [1.165, 1.54) is 23.1 Å². The Bertz CT molecular complexity index is 935. The van der Waals surface area contributed by atoms with Gasteiger partial charge in [-0.05, 0) is 56.2 Å². The van der Waals surface area contributed by atoms with Gasteiger partial charge >= 0.3 is 0 Å². The highest BCUT2D eigenvalue weighted by molar-refractivity contribution is 8.04. The third kappa shape index (κ3) is 4.38. The molecule has 0 bridgehead atoms. The zero-order valence-electron chi connectivity index (χ0n) is 17.1. The first kappa shape index (κ1) is 20.5. The maximum atomic E-state index is 13.3. The van der Waals surface area contributed by atoms with Crippen molar-refractivity contribution < 1.29 is 14.3 Å². The van der Waals surface area contributed by atoms with Crippen molar-refractivity contribution in [2.45, 2.75) is 50.0 Å². The van der Waals surface area contributed by atoms with Gasteiger partial charge in [0.2, 0.25) is 0 Å². The van der Waals surface area contributed by atoms with E-state index < -0.39 is 0 Å². The molecule has 0 spiro atoms. The first-order chi connectivity index (χ1) is 14.7. The topological polar surface area (TPSA) is 58.6 Å². The van der Waals surface area contributed by atoms with Crippen LogP contribution in [0.15, 0.2) is 70.1 Å². The molecule has 156 valence electrons. The quantitative estimate of drug-likeness (QED) is 0.644. The maximum Gasteiger partial charge on any atom is 0.282 e. The van der Waals surface area contributed by atoms with E-state index in [1.54, 1.807) is 24.3 Å². The second-order valence-corrected chi connectivity index (χ2v) is 8.55. The lowest BCUT2D eigenvalue weighted by Gasteiger charge is -2.24. The van der Waals surface area contributed by atoms with Gasteiger partial charge in [0.1, 0.15) is 16.4 Å². The molecular weight excluding hydrogens is 396 g/mol. The van der Waals surface area contributed by atoms with Crippen LogP contribution >= 0.6 is 11.8 Å². The average Bonchev–Trinajstić information content (AvgIpc) is 3.00. The molecule has 2 amide bonds. The summed E-state index contributed by atoms with van der Waals surface area (Å²) in [5, 5.41) is 3.42. The van der Waals surface area contributed by atoms with Crippen LogP contribution in [0.3, 0.4) is 0 Å². The predicted octanol–water partition coefficient (Wildman–Crippen LogP) is 4.88. The first-order valence-electron chi connectivity index (χ1n) is 10.5. The third-order valence-electron chi connectivity index (χ3n) is 5.36. The van der Waals surface area contributed by atoms with Crippen molar-refractivity contribution in [3.63, 3.8) is 0 Å². The van der Waals surface area contributed by atoms with E-state index in [2.05, 4.69) is 5.32 Å². The van der Waals surface area contributed by atoms with Crippen molar-refractivity contribution in [1.29, 1.82) is 0 Å². The normalized spacial score (nSPS) is 17.6. The Balaban J connectivity index is 1.63. The maximum absolute atomic E-state index is 13.3. The van der Waals surface area contributed by atoms with E-state index >= 15 is 0 Å². The minimum atomic E-state index is -0.284. The predicted molar refractivity (Wildman–Crippen MR) is 119 cm³/mol. The molecule has 6 heteroatoms. The molecule has 0 atom stereocenters. The Hall–Kier alpha value is -2.73. The number of benzene rings is 2. The molecule has 1 N–H and O–H groups in total. The van der Waals surface area contributed by atoms with E-state index in [9.17, 15) is 9.59 Å². The summed E-state index contributed by atoms with van der Waals surface area (Å²) in [6.45, 7) is 2.48. The monoisotopic (exact) mass is 422 g/mol. The van der Waals surface area contributed by atoms with Gasteiger partial charge in [-0.1, -0.05) is 49.2 Å². The number of anilines is 1. The summed E-state index contributed by atoms with van der Waals surface area (Å²) >= 11 is 1.35. The summed E-state index contributed by atoms with van der Waals surface area (Å²) in [5.74, 6) is 0.150. The van der Waals surface area contributed by atoms with Crippen molar-refractivity contribution in [2.75, 3.05) is 11.5 Å². The zero-order valence-corrected chi connectivity index (χ0v) is 17.9. The van der Waals surface area contributed by atoms with E-state index in [4.69, 9.17) is 4.74 Å². The Morgan fingerprint density at radius 1 is 0.967 bits per heavy atom. The van der Waals surface area contributed by atoms with E-state index in [0.29, 0.717) is 28.6 Å². The molecule has 2 aliphatic rings. The van der Waals surface area contributed by atoms with Crippen molar-refractivity contribution in [2.24, 2.45) is 0 Å². The highest BCUT2D eigenvalue weighted by atomic mass is 32.2. The SMILES string of the molecule is CCOc1ccc(N2C(=O)C(NC3CCCCC3)=C(Sc3ccccc3)C2=O)cc1. The largest absolute Gasteiger partial charge is 0.494 e. The Morgan fingerprint density at radius 2 is 1.67 bits per heavy atom. The smallest absolute Gasteiger partial charge is 0.282 e. The summed E-state index contributed by atoms with van der Waals surface area (Å²) in [4.78, 5) is 29.3. The molecule has 0 unspecified atom stereocenters. The second-order valence-electron chi connectivity index (χ2n) is 7.47. The fraction of sp³-hybridized carbons (Fsp3) is 0.333. The van der Waals surface area contributed by atoms with Crippen LogP contribution in [-0.4, -0.2) is 24.5 Å². The van der Waals surface area contributed by atoms with Crippen molar-refractivity contribution in [1.82, 2.24) is 5.32 Å². The number of nitrogens with one attached hydrogen (secondary N) is 1. The lowest BCUT2D eigenvalue weighted by atomic mass is 9.95. The van der Waals surface area contributed by atoms with Crippen molar-refractivity contribution in [3.05, 3.63) is 65.2 Å². The van der Waals surface area contributed by atoms with E-state index in [0.717, 1.165) is 30.6 Å². The van der Waals surface area contributed by atoms with Crippen LogP contribution in [0.4, 0.5) is 5.69 Å². The molecule has 1 heterocycles. The molecule has 30 heavy (non-hydrogen) atoms. The van der Waals surface area contributed by atoms with E-state index in [1.807, 2.05) is 37.3 Å². The van der Waals surface area contributed by atoms with Gasteiger partial charge in [-0.3, -0.25) is 9.59 Å². The van der Waals surface area contributed by atoms with Gasteiger partial charge in [0, 0.05) is 10.9 Å². The fourth-order valence-corrected chi connectivity index (χ4v) is 4.84. The van der Waals surface area contributed by atoms with Crippen LogP contribution in [0.5, 0.6) is 5.75 Å². The van der Waals surface area contributed by atoms with Crippen LogP contribution < -0.4 is 15.0 Å². The summed E-state index contributed by atoms with van der Waals surface area (Å²) in [6, 6.07) is 17.0. The van der Waals surface area contributed by atoms with Gasteiger partial charge in [0.05, 0.1) is 12.3 Å². The number of hydrogen-bond donors (Lipinski definition) is 1. The molecule has 2 aromatic rings. The minimum Gasteiger partial charge on any atom is -0.494 e. The summed E-state index contributed by atoms with van der Waals surface area (Å²) < 4.78 is 5.48. The molecule has 1 aliphatic heterocycles. The molecule has 0 radical (unpaired) electrons. The van der Waals surface area contributed by atoms with Gasteiger partial charge in [0.15, 0.2) is 0 Å². The molecule has 2 aromatic carbocycles. The molecule has 0 aromatic heterocycles. The molecule has 1 saturated carbocycles. The minimum absolute atomic E-state index is 0.233. The highest BCUT2D eigenvalue weighted by Crippen LogP contribution is 2.37. The van der Waals surface area contributed by atoms with Gasteiger partial charge in [-0.2, -0.15) is 0 Å². The van der Waals surface area contributed by atoms with Gasteiger partial charge in [-0.25, -0.2) is 4.90 Å². The van der Waals surface area contributed by atoms with Crippen LogP contribution in [-0.2, 0) is 9.59 Å². The fourth-order valence-electron chi connectivity index (χ4n) is 3.88. The summed E-state index contributed by atoms with van der Waals surface area (Å²) in [7, 11) is 0. The summed E-state index contributed by atoms with van der Waals surface area (Å²) in [6.07, 6.45) is 5.58. The Morgan fingerprint density at radius 3 is 2.33 bits per heavy atom. The van der Waals surface area contributed by atoms with Crippen molar-refractivity contribution in [3.8, 4) is 5.75 Å². The number of amides is 2. The Kier molecular flexibility index (Phi) is 6.43. The van der Waals surface area contributed by atoms with Gasteiger partial charge in [-0.15, -0.1) is 0 Å². The number of imide groups is 1. The van der Waals surface area contributed by atoms with Crippen LogP contribution in [0.1, 0.15) is 39.0 Å². The summed E-state index contributed by atoms with van der Waals surface area (Å²) in [5.41, 5.74) is 0.981. The zero-order chi connectivity index (χ0) is 20.9. The standard InChI is InChI=1S/C24H26N2O3S/c1-2-29-19-15-13-18(14-16-19)26-23(27)21(25-17-9-5-3-6-10-17)22(24(26)28)30-20-11-7-4-8-12-20/h4,7-8,11-17,25H,2-3,5-6,9-10H2,1H3. The number of thioether (sulfide) groups is 1. The lowest BCUT2D eigenvalue weighted by Crippen LogP contribution is -2.37. The lowest BCUT2D eigenvalue weighted by molar-refractivity contribution is -0.120. The number of carbonyl (C=O) groups is 2. The molecule has 5 nitrogen and oxygen atoms in total.